The summed E-state index contributed by atoms with van der Waals surface area (Å²) in [6.07, 6.45) is 0. The van der Waals surface area contributed by atoms with Gasteiger partial charge >= 0.3 is 0 Å². The van der Waals surface area contributed by atoms with Gasteiger partial charge in [-0.05, 0) is 30.3 Å². The quantitative estimate of drug-likeness (QED) is 0.197. The van der Waals surface area contributed by atoms with E-state index in [9.17, 15) is 0 Å². The van der Waals surface area contributed by atoms with Crippen molar-refractivity contribution in [2.75, 3.05) is 0 Å². The van der Waals surface area contributed by atoms with E-state index in [1.807, 2.05) is 54.6 Å². The molecule has 0 saturated heterocycles. The van der Waals surface area contributed by atoms with Crippen LogP contribution in [0.2, 0.25) is 0 Å². The molecular formula is C42H27N5. The Labute approximate surface area is 271 Å². The van der Waals surface area contributed by atoms with E-state index in [0.717, 1.165) is 72.2 Å². The van der Waals surface area contributed by atoms with E-state index >= 15 is 0 Å². The average Bonchev–Trinajstić information content (AvgIpc) is 3.49. The second-order valence-corrected chi connectivity index (χ2v) is 11.5. The van der Waals surface area contributed by atoms with E-state index in [0.29, 0.717) is 11.6 Å². The Morgan fingerprint density at radius 3 is 1.64 bits per heavy atom. The van der Waals surface area contributed by atoms with Crippen molar-refractivity contribution in [1.29, 1.82) is 0 Å². The van der Waals surface area contributed by atoms with Gasteiger partial charge in [-0.15, -0.1) is 0 Å². The highest BCUT2D eigenvalue weighted by Gasteiger charge is 2.21. The Bertz CT molecular complexity index is 2560. The van der Waals surface area contributed by atoms with Gasteiger partial charge in [-0.3, -0.25) is 0 Å². The number of fused-ring (bicyclic) bond motifs is 4. The lowest BCUT2D eigenvalue weighted by Gasteiger charge is -2.13. The maximum Gasteiger partial charge on any atom is 0.160 e. The van der Waals surface area contributed by atoms with Gasteiger partial charge in [0.25, 0.3) is 0 Å². The van der Waals surface area contributed by atoms with Gasteiger partial charge < -0.3 is 4.57 Å². The molecular weight excluding hydrogens is 574 g/mol. The number of nitrogens with zero attached hydrogens (tertiary/aromatic N) is 5. The summed E-state index contributed by atoms with van der Waals surface area (Å²) in [7, 11) is 0. The van der Waals surface area contributed by atoms with Crippen molar-refractivity contribution >= 4 is 32.8 Å². The molecule has 0 aliphatic carbocycles. The molecule has 0 amide bonds. The van der Waals surface area contributed by atoms with Crippen LogP contribution in [-0.4, -0.2) is 24.5 Å². The lowest BCUT2D eigenvalue weighted by Crippen LogP contribution is -2.00. The van der Waals surface area contributed by atoms with Crippen LogP contribution in [0.25, 0.3) is 83.8 Å². The molecule has 220 valence electrons. The van der Waals surface area contributed by atoms with Crippen LogP contribution in [0, 0.1) is 0 Å². The SMILES string of the molecule is c1ccc(-c2nc(-c3cccc(-c4nc(-c5ccccc5)c5c(n4)c4ccccc4n5-c4ccccc4)c3)nc3ccccc23)cc1. The highest BCUT2D eigenvalue weighted by atomic mass is 15.0. The fraction of sp³-hybridized carbons (Fsp3) is 0. The molecule has 0 bridgehead atoms. The molecule has 0 fully saturated rings. The third kappa shape index (κ3) is 4.64. The highest BCUT2D eigenvalue weighted by Crippen LogP contribution is 2.38. The van der Waals surface area contributed by atoms with E-state index in [1.54, 1.807) is 0 Å². The molecule has 0 aliphatic heterocycles. The van der Waals surface area contributed by atoms with Crippen LogP contribution in [0.5, 0.6) is 0 Å². The van der Waals surface area contributed by atoms with E-state index in [1.165, 1.54) is 0 Å². The zero-order valence-electron chi connectivity index (χ0n) is 25.3. The molecule has 0 N–H and O–H groups in total. The number of hydrogen-bond acceptors (Lipinski definition) is 4. The number of para-hydroxylation sites is 3. The number of benzene rings is 6. The van der Waals surface area contributed by atoms with Crippen LogP contribution in [-0.2, 0) is 0 Å². The Hall–Kier alpha value is -6.46. The molecule has 3 heterocycles. The van der Waals surface area contributed by atoms with Crippen LogP contribution < -0.4 is 0 Å². The van der Waals surface area contributed by atoms with Crippen molar-refractivity contribution in [3.63, 3.8) is 0 Å². The van der Waals surface area contributed by atoms with Gasteiger partial charge in [0.05, 0.1) is 27.9 Å². The topological polar surface area (TPSA) is 56.5 Å². The molecule has 0 atom stereocenters. The fourth-order valence-corrected chi connectivity index (χ4v) is 6.43. The van der Waals surface area contributed by atoms with Gasteiger partial charge in [-0.1, -0.05) is 133 Å². The molecule has 5 heteroatoms. The molecule has 0 saturated carbocycles. The molecule has 6 aromatic carbocycles. The van der Waals surface area contributed by atoms with Crippen molar-refractivity contribution in [2.24, 2.45) is 0 Å². The van der Waals surface area contributed by atoms with Crippen molar-refractivity contribution < 1.29 is 0 Å². The van der Waals surface area contributed by atoms with Crippen LogP contribution >= 0.6 is 0 Å². The molecule has 9 aromatic rings. The summed E-state index contributed by atoms with van der Waals surface area (Å²) in [5.74, 6) is 1.31. The van der Waals surface area contributed by atoms with Gasteiger partial charge in [-0.25, -0.2) is 19.9 Å². The Kier molecular flexibility index (Phi) is 6.39. The summed E-state index contributed by atoms with van der Waals surface area (Å²) in [4.78, 5) is 20.7. The second-order valence-electron chi connectivity index (χ2n) is 11.5. The van der Waals surface area contributed by atoms with Gasteiger partial charge in [0.15, 0.2) is 11.6 Å². The minimum atomic E-state index is 0.651. The van der Waals surface area contributed by atoms with Crippen molar-refractivity contribution in [3.8, 4) is 51.0 Å². The standard InChI is InChI=1S/C42H27N5/c1-4-15-28(16-5-1)37-33-23-10-12-25-35(33)43-41(44-37)30-19-14-20-31(27-30)42-45-38(29-17-6-2-7-18-29)40-39(46-42)34-24-11-13-26-36(34)47(40)32-21-8-3-9-22-32/h1-27H. The maximum atomic E-state index is 5.30. The minimum Gasteiger partial charge on any atom is -0.306 e. The van der Waals surface area contributed by atoms with E-state index in [2.05, 4.69) is 114 Å². The molecule has 3 aromatic heterocycles. The van der Waals surface area contributed by atoms with E-state index in [-0.39, 0.29) is 0 Å². The maximum absolute atomic E-state index is 5.30. The van der Waals surface area contributed by atoms with Crippen molar-refractivity contribution in [1.82, 2.24) is 24.5 Å². The molecule has 5 nitrogen and oxygen atoms in total. The Balaban J connectivity index is 1.28. The first-order valence-corrected chi connectivity index (χ1v) is 15.7. The van der Waals surface area contributed by atoms with Crippen LogP contribution in [0.15, 0.2) is 164 Å². The second kappa shape index (κ2) is 11.2. The van der Waals surface area contributed by atoms with E-state index < -0.39 is 0 Å². The van der Waals surface area contributed by atoms with Gasteiger partial charge in [-0.2, -0.15) is 0 Å². The summed E-state index contributed by atoms with van der Waals surface area (Å²) in [5.41, 5.74) is 10.6. The number of hydrogen-bond donors (Lipinski definition) is 0. The molecule has 47 heavy (non-hydrogen) atoms. The molecule has 0 spiro atoms. The lowest BCUT2D eigenvalue weighted by atomic mass is 10.0. The normalized spacial score (nSPS) is 11.4. The third-order valence-corrected chi connectivity index (χ3v) is 8.60. The zero-order chi connectivity index (χ0) is 31.2. The zero-order valence-corrected chi connectivity index (χ0v) is 25.3. The van der Waals surface area contributed by atoms with Gasteiger partial charge in [0.1, 0.15) is 5.52 Å². The van der Waals surface area contributed by atoms with Crippen molar-refractivity contribution in [3.05, 3.63) is 164 Å². The van der Waals surface area contributed by atoms with Crippen molar-refractivity contribution in [2.45, 2.75) is 0 Å². The fourth-order valence-electron chi connectivity index (χ4n) is 6.43. The lowest BCUT2D eigenvalue weighted by molar-refractivity contribution is 1.15. The predicted molar refractivity (Wildman–Crippen MR) is 191 cm³/mol. The van der Waals surface area contributed by atoms with Crippen LogP contribution in [0.4, 0.5) is 0 Å². The highest BCUT2D eigenvalue weighted by molar-refractivity contribution is 6.11. The summed E-state index contributed by atoms with van der Waals surface area (Å²) in [6, 6.07) is 56.0. The predicted octanol–water partition coefficient (Wildman–Crippen LogP) is 10.2. The van der Waals surface area contributed by atoms with Crippen LogP contribution in [0.1, 0.15) is 0 Å². The summed E-state index contributed by atoms with van der Waals surface area (Å²) in [5, 5.41) is 2.10. The largest absolute Gasteiger partial charge is 0.306 e. The first-order chi connectivity index (χ1) is 23.3. The van der Waals surface area contributed by atoms with Gasteiger partial charge in [0, 0.05) is 38.7 Å². The monoisotopic (exact) mass is 601 g/mol. The number of aromatic nitrogens is 5. The Morgan fingerprint density at radius 2 is 0.915 bits per heavy atom. The molecule has 0 aliphatic rings. The summed E-state index contributed by atoms with van der Waals surface area (Å²) >= 11 is 0. The third-order valence-electron chi connectivity index (χ3n) is 8.60. The molecule has 9 rings (SSSR count). The first kappa shape index (κ1) is 26.9. The number of rotatable bonds is 5. The van der Waals surface area contributed by atoms with Gasteiger partial charge in [0.2, 0.25) is 0 Å². The summed E-state index contributed by atoms with van der Waals surface area (Å²) < 4.78 is 2.28. The summed E-state index contributed by atoms with van der Waals surface area (Å²) in [6.45, 7) is 0. The average molecular weight is 602 g/mol. The van der Waals surface area contributed by atoms with E-state index in [4.69, 9.17) is 19.9 Å². The molecule has 0 radical (unpaired) electrons. The molecule has 0 unspecified atom stereocenters. The minimum absolute atomic E-state index is 0.651. The first-order valence-electron chi connectivity index (χ1n) is 15.7. The Morgan fingerprint density at radius 1 is 0.383 bits per heavy atom. The van der Waals surface area contributed by atoms with Crippen LogP contribution in [0.3, 0.4) is 0 Å². The smallest absolute Gasteiger partial charge is 0.160 e.